The van der Waals surface area contributed by atoms with Gasteiger partial charge in [-0.15, -0.1) is 0 Å². The van der Waals surface area contributed by atoms with Gasteiger partial charge in [0.15, 0.2) is 5.82 Å². The summed E-state index contributed by atoms with van der Waals surface area (Å²) in [7, 11) is 0. The molecule has 2 aromatic rings. The number of amides is 2. The average Bonchev–Trinajstić information content (AvgIpc) is 3.04. The van der Waals surface area contributed by atoms with Crippen molar-refractivity contribution in [1.82, 2.24) is 25.4 Å². The minimum absolute atomic E-state index is 0.157. The Morgan fingerprint density at radius 2 is 2.17 bits per heavy atom. The quantitative estimate of drug-likeness (QED) is 0.722. The highest BCUT2D eigenvalue weighted by Gasteiger charge is 2.20. The summed E-state index contributed by atoms with van der Waals surface area (Å²) in [6.07, 6.45) is 5.44. The van der Waals surface area contributed by atoms with Crippen LogP contribution in [0.5, 0.6) is 0 Å². The van der Waals surface area contributed by atoms with Crippen LogP contribution in [-0.4, -0.2) is 38.6 Å². The molecule has 0 bridgehead atoms. The maximum atomic E-state index is 11.9. The second kappa shape index (κ2) is 7.92. The zero-order valence-electron chi connectivity index (χ0n) is 14.4. The molecule has 24 heavy (non-hydrogen) atoms. The molecule has 130 valence electrons. The molecule has 3 N–H and O–H groups in total. The number of nitrogens with zero attached hydrogens (tertiary/aromatic N) is 3. The van der Waals surface area contributed by atoms with Gasteiger partial charge in [0.05, 0.1) is 6.10 Å². The Kier molecular flexibility index (Phi) is 5.92. The molecular weight excluding hydrogens is 306 g/mol. The van der Waals surface area contributed by atoms with E-state index in [2.05, 4.69) is 20.7 Å². The Balaban J connectivity index is 1.83. The number of aliphatic hydroxyl groups excluding tert-OH is 1. The molecule has 2 aromatic heterocycles. The third-order valence-corrected chi connectivity index (χ3v) is 3.58. The molecule has 0 saturated heterocycles. The van der Waals surface area contributed by atoms with Crippen LogP contribution in [0, 0.1) is 5.41 Å². The van der Waals surface area contributed by atoms with Crippen molar-refractivity contribution in [3.05, 3.63) is 42.4 Å². The number of pyridine rings is 1. The summed E-state index contributed by atoms with van der Waals surface area (Å²) in [4.78, 5) is 16.2. The number of carbonyl (C=O) groups excluding carboxylic acids is 1. The van der Waals surface area contributed by atoms with Gasteiger partial charge in [0, 0.05) is 31.7 Å². The smallest absolute Gasteiger partial charge is 0.315 e. The van der Waals surface area contributed by atoms with Crippen molar-refractivity contribution in [2.45, 2.75) is 39.8 Å². The van der Waals surface area contributed by atoms with E-state index in [-0.39, 0.29) is 17.6 Å². The minimum atomic E-state index is -0.387. The SMILES string of the molecule is CC(O)CC(C)(C)CNC(=O)NCc1ccnc(-n2cccn2)c1. The third-order valence-electron chi connectivity index (χ3n) is 3.58. The molecule has 0 aromatic carbocycles. The lowest BCUT2D eigenvalue weighted by Gasteiger charge is -2.26. The number of aliphatic hydroxyl groups is 1. The average molecular weight is 331 g/mol. The van der Waals surface area contributed by atoms with Crippen molar-refractivity contribution in [2.75, 3.05) is 6.54 Å². The molecule has 2 amide bonds. The first-order chi connectivity index (χ1) is 11.4. The molecule has 1 atom stereocenters. The topological polar surface area (TPSA) is 92.1 Å². The van der Waals surface area contributed by atoms with Gasteiger partial charge in [0.25, 0.3) is 0 Å². The van der Waals surface area contributed by atoms with Crippen molar-refractivity contribution in [2.24, 2.45) is 5.41 Å². The molecule has 1 unspecified atom stereocenters. The van der Waals surface area contributed by atoms with Gasteiger partial charge < -0.3 is 15.7 Å². The van der Waals surface area contributed by atoms with Gasteiger partial charge in [0.2, 0.25) is 0 Å². The number of hydrogen-bond donors (Lipinski definition) is 3. The van der Waals surface area contributed by atoms with Crippen LogP contribution >= 0.6 is 0 Å². The molecule has 0 spiro atoms. The Morgan fingerprint density at radius 3 is 2.83 bits per heavy atom. The molecule has 0 saturated carbocycles. The molecule has 2 rings (SSSR count). The van der Waals surface area contributed by atoms with Gasteiger partial charge in [-0.2, -0.15) is 5.10 Å². The van der Waals surface area contributed by atoms with Gasteiger partial charge in [0.1, 0.15) is 0 Å². The fourth-order valence-corrected chi connectivity index (χ4v) is 2.54. The summed E-state index contributed by atoms with van der Waals surface area (Å²) in [6.45, 7) is 6.68. The summed E-state index contributed by atoms with van der Waals surface area (Å²) in [5.41, 5.74) is 0.781. The Morgan fingerprint density at radius 1 is 1.38 bits per heavy atom. The first-order valence-electron chi connectivity index (χ1n) is 8.00. The van der Waals surface area contributed by atoms with E-state index in [1.165, 1.54) is 0 Å². The number of nitrogens with one attached hydrogen (secondary N) is 2. The second-order valence-corrected chi connectivity index (χ2v) is 6.73. The molecule has 0 aliphatic heterocycles. The van der Waals surface area contributed by atoms with Gasteiger partial charge in [-0.1, -0.05) is 13.8 Å². The van der Waals surface area contributed by atoms with Crippen molar-refractivity contribution in [1.29, 1.82) is 0 Å². The van der Waals surface area contributed by atoms with E-state index < -0.39 is 0 Å². The van der Waals surface area contributed by atoms with E-state index >= 15 is 0 Å². The minimum Gasteiger partial charge on any atom is -0.393 e. The summed E-state index contributed by atoms with van der Waals surface area (Å²) in [6, 6.07) is 5.33. The highest BCUT2D eigenvalue weighted by Crippen LogP contribution is 2.20. The van der Waals surface area contributed by atoms with Crippen molar-refractivity contribution in [3.8, 4) is 5.82 Å². The van der Waals surface area contributed by atoms with E-state index in [1.54, 1.807) is 24.0 Å². The summed E-state index contributed by atoms with van der Waals surface area (Å²) in [5.74, 6) is 0.706. The number of carbonyl (C=O) groups is 1. The predicted octanol–water partition coefficient (Wildman–Crippen LogP) is 1.86. The van der Waals surface area contributed by atoms with Crippen LogP contribution in [0.25, 0.3) is 5.82 Å². The molecule has 7 heteroatoms. The van der Waals surface area contributed by atoms with Gasteiger partial charge in [-0.3, -0.25) is 0 Å². The summed E-state index contributed by atoms with van der Waals surface area (Å²) >= 11 is 0. The third kappa shape index (κ3) is 5.66. The van der Waals surface area contributed by atoms with E-state index in [0.29, 0.717) is 25.3 Å². The number of aromatic nitrogens is 3. The zero-order chi connectivity index (χ0) is 17.6. The lowest BCUT2D eigenvalue weighted by molar-refractivity contribution is 0.129. The first-order valence-corrected chi connectivity index (χ1v) is 8.00. The molecule has 0 aliphatic carbocycles. The molecule has 0 fully saturated rings. The number of hydrogen-bond acceptors (Lipinski definition) is 4. The maximum absolute atomic E-state index is 11.9. The number of urea groups is 1. The highest BCUT2D eigenvalue weighted by molar-refractivity contribution is 5.73. The van der Waals surface area contributed by atoms with Crippen LogP contribution in [0.1, 0.15) is 32.8 Å². The summed E-state index contributed by atoms with van der Waals surface area (Å²) < 4.78 is 1.67. The Bertz CT molecular complexity index is 653. The van der Waals surface area contributed by atoms with Crippen molar-refractivity contribution >= 4 is 6.03 Å². The van der Waals surface area contributed by atoms with Crippen LogP contribution in [-0.2, 0) is 6.54 Å². The zero-order valence-corrected chi connectivity index (χ0v) is 14.4. The lowest BCUT2D eigenvalue weighted by atomic mass is 9.87. The predicted molar refractivity (Wildman–Crippen MR) is 91.7 cm³/mol. The van der Waals surface area contributed by atoms with E-state index in [1.807, 2.05) is 38.2 Å². The van der Waals surface area contributed by atoms with Crippen LogP contribution in [0.4, 0.5) is 4.79 Å². The molecule has 0 aliphatic rings. The van der Waals surface area contributed by atoms with Crippen molar-refractivity contribution < 1.29 is 9.90 Å². The standard InChI is InChI=1S/C17H25N5O2/c1-13(23)10-17(2,3)12-20-16(24)19-11-14-5-7-18-15(9-14)22-8-4-6-21-22/h4-9,13,23H,10-12H2,1-3H3,(H2,19,20,24). The van der Waals surface area contributed by atoms with Crippen molar-refractivity contribution in [3.63, 3.8) is 0 Å². The van der Waals surface area contributed by atoms with Gasteiger partial charge in [-0.05, 0) is 42.5 Å². The monoisotopic (exact) mass is 331 g/mol. The van der Waals surface area contributed by atoms with E-state index in [9.17, 15) is 9.90 Å². The van der Waals surface area contributed by atoms with Crippen LogP contribution < -0.4 is 10.6 Å². The first kappa shape index (κ1) is 17.9. The van der Waals surface area contributed by atoms with E-state index in [0.717, 1.165) is 5.56 Å². The fourth-order valence-electron chi connectivity index (χ4n) is 2.54. The van der Waals surface area contributed by atoms with E-state index in [4.69, 9.17) is 0 Å². The Labute approximate surface area is 142 Å². The molecular formula is C17H25N5O2. The highest BCUT2D eigenvalue weighted by atomic mass is 16.3. The fraction of sp³-hybridized carbons (Fsp3) is 0.471. The van der Waals surface area contributed by atoms with Gasteiger partial charge in [-0.25, -0.2) is 14.5 Å². The number of rotatable bonds is 7. The lowest BCUT2D eigenvalue weighted by Crippen LogP contribution is -2.41. The molecule has 0 radical (unpaired) electrons. The maximum Gasteiger partial charge on any atom is 0.315 e. The largest absolute Gasteiger partial charge is 0.393 e. The van der Waals surface area contributed by atoms with Crippen LogP contribution in [0.2, 0.25) is 0 Å². The van der Waals surface area contributed by atoms with Gasteiger partial charge >= 0.3 is 6.03 Å². The molecule has 7 nitrogen and oxygen atoms in total. The van der Waals surface area contributed by atoms with Crippen LogP contribution in [0.15, 0.2) is 36.8 Å². The Hall–Kier alpha value is -2.41. The molecule has 2 heterocycles. The van der Waals surface area contributed by atoms with Crippen LogP contribution in [0.3, 0.4) is 0 Å². The second-order valence-electron chi connectivity index (χ2n) is 6.73. The normalized spacial score (nSPS) is 12.7. The summed E-state index contributed by atoms with van der Waals surface area (Å²) in [5, 5.41) is 19.3.